The quantitative estimate of drug-likeness (QED) is 0.632. The van der Waals surface area contributed by atoms with Crippen LogP contribution in [-0.2, 0) is 19.1 Å². The zero-order valence-electron chi connectivity index (χ0n) is 10.3. The summed E-state index contributed by atoms with van der Waals surface area (Å²) in [4.78, 5) is 34.6. The Balaban J connectivity index is 2.77. The van der Waals surface area contributed by atoms with Crippen LogP contribution >= 0.6 is 0 Å². The summed E-state index contributed by atoms with van der Waals surface area (Å²) in [5.41, 5.74) is 4.13. The number of ether oxygens (including phenoxy) is 1. The molecule has 0 spiro atoms. The molecule has 96 valence electrons. The molecule has 0 aromatic rings. The average molecular weight is 242 g/mol. The topological polar surface area (TPSA) is 98.5 Å². The maximum atomic E-state index is 11.9. The minimum Gasteiger partial charge on any atom is -0.371 e. The Morgan fingerprint density at radius 1 is 1.47 bits per heavy atom. The van der Waals surface area contributed by atoms with Gasteiger partial charge in [0.2, 0.25) is 11.8 Å². The molecule has 2 amide bonds. The molecule has 0 aromatic carbocycles. The van der Waals surface area contributed by atoms with Gasteiger partial charge in [0, 0.05) is 0 Å². The molecule has 17 heavy (non-hydrogen) atoms. The molecule has 0 saturated carbocycles. The highest BCUT2D eigenvalue weighted by Crippen LogP contribution is 2.17. The van der Waals surface area contributed by atoms with Crippen molar-refractivity contribution >= 4 is 17.6 Å². The first-order chi connectivity index (χ1) is 7.78. The van der Waals surface area contributed by atoms with E-state index in [2.05, 4.69) is 5.32 Å². The highest BCUT2D eigenvalue weighted by atomic mass is 16.5. The van der Waals surface area contributed by atoms with Gasteiger partial charge in [0.15, 0.2) is 5.78 Å². The fourth-order valence-electron chi connectivity index (χ4n) is 1.80. The van der Waals surface area contributed by atoms with Crippen molar-refractivity contribution in [3.8, 4) is 0 Å². The number of ketones is 1. The van der Waals surface area contributed by atoms with E-state index in [0.29, 0.717) is 0 Å². The first kappa shape index (κ1) is 13.6. The molecule has 3 N–H and O–H groups in total. The third-order valence-electron chi connectivity index (χ3n) is 2.89. The molecule has 0 aromatic heterocycles. The molecule has 1 fully saturated rings. The first-order valence-electron chi connectivity index (χ1n) is 5.50. The molecule has 0 bridgehead atoms. The summed E-state index contributed by atoms with van der Waals surface area (Å²) in [5, 5.41) is 2.55. The van der Waals surface area contributed by atoms with E-state index in [1.54, 1.807) is 20.8 Å². The molecule has 1 aliphatic heterocycles. The van der Waals surface area contributed by atoms with Crippen molar-refractivity contribution in [2.45, 2.75) is 26.3 Å². The zero-order valence-corrected chi connectivity index (χ0v) is 10.3. The third kappa shape index (κ3) is 2.82. The number of hydrogen-bond donors (Lipinski definition) is 2. The highest BCUT2D eigenvalue weighted by Gasteiger charge is 2.42. The van der Waals surface area contributed by atoms with Gasteiger partial charge in [-0.2, -0.15) is 0 Å². The van der Waals surface area contributed by atoms with Gasteiger partial charge >= 0.3 is 0 Å². The summed E-state index contributed by atoms with van der Waals surface area (Å²) in [6, 6.07) is 0. The van der Waals surface area contributed by atoms with Gasteiger partial charge in [-0.05, 0) is 12.8 Å². The van der Waals surface area contributed by atoms with Crippen LogP contribution in [0.5, 0.6) is 0 Å². The lowest BCUT2D eigenvalue weighted by Crippen LogP contribution is -2.55. The summed E-state index contributed by atoms with van der Waals surface area (Å²) in [6.45, 7) is 5.15. The fraction of sp³-hybridized carbons (Fsp3) is 0.727. The van der Waals surface area contributed by atoms with Crippen LogP contribution in [0.4, 0.5) is 0 Å². The molecule has 2 unspecified atom stereocenters. The monoisotopic (exact) mass is 242 g/mol. The van der Waals surface area contributed by atoms with Gasteiger partial charge in [0.05, 0.1) is 6.61 Å². The summed E-state index contributed by atoms with van der Waals surface area (Å²) in [5.74, 6) is -2.55. The predicted molar refractivity (Wildman–Crippen MR) is 59.9 cm³/mol. The Morgan fingerprint density at radius 2 is 2.06 bits per heavy atom. The number of carbonyl (C=O) groups is 3. The average Bonchev–Trinajstić information content (AvgIpc) is 2.44. The molecule has 6 heteroatoms. The minimum absolute atomic E-state index is 0.0142. The molecule has 1 saturated heterocycles. The second-order valence-corrected chi connectivity index (χ2v) is 4.86. The highest BCUT2D eigenvalue weighted by molar-refractivity contribution is 6.03. The van der Waals surface area contributed by atoms with Crippen LogP contribution in [0.1, 0.15) is 20.8 Å². The lowest BCUT2D eigenvalue weighted by Gasteiger charge is -2.25. The molecule has 0 aliphatic carbocycles. The standard InChI is InChI=1S/C11H18N2O4/c1-6(2)8(9(12)15)10(16)13-11(3)5-17-4-7(11)14/h6,8H,4-5H2,1-3H3,(H2,12,15)(H,13,16). The fourth-order valence-corrected chi connectivity index (χ4v) is 1.80. The Morgan fingerprint density at radius 3 is 2.41 bits per heavy atom. The van der Waals surface area contributed by atoms with Gasteiger partial charge in [0.25, 0.3) is 0 Å². The van der Waals surface area contributed by atoms with Crippen molar-refractivity contribution in [3.63, 3.8) is 0 Å². The van der Waals surface area contributed by atoms with E-state index in [0.717, 1.165) is 0 Å². The largest absolute Gasteiger partial charge is 0.371 e. The van der Waals surface area contributed by atoms with Crippen LogP contribution in [0.2, 0.25) is 0 Å². The Bertz CT molecular complexity index is 353. The van der Waals surface area contributed by atoms with Crippen LogP contribution < -0.4 is 11.1 Å². The molecule has 6 nitrogen and oxygen atoms in total. The summed E-state index contributed by atoms with van der Waals surface area (Å²) < 4.78 is 4.99. The SMILES string of the molecule is CC(C)C(C(N)=O)C(=O)NC1(C)COCC1=O. The van der Waals surface area contributed by atoms with Crippen molar-refractivity contribution in [2.24, 2.45) is 17.6 Å². The van der Waals surface area contributed by atoms with E-state index in [-0.39, 0.29) is 24.9 Å². The van der Waals surface area contributed by atoms with Gasteiger partial charge in [-0.1, -0.05) is 13.8 Å². The van der Waals surface area contributed by atoms with Gasteiger partial charge in [-0.15, -0.1) is 0 Å². The van der Waals surface area contributed by atoms with E-state index in [1.165, 1.54) is 0 Å². The van der Waals surface area contributed by atoms with E-state index < -0.39 is 23.3 Å². The summed E-state index contributed by atoms with van der Waals surface area (Å²) >= 11 is 0. The van der Waals surface area contributed by atoms with Crippen molar-refractivity contribution in [3.05, 3.63) is 0 Å². The molecule has 2 atom stereocenters. The molecule has 0 radical (unpaired) electrons. The number of nitrogens with two attached hydrogens (primary N) is 1. The number of rotatable bonds is 4. The van der Waals surface area contributed by atoms with Crippen LogP contribution in [0, 0.1) is 11.8 Å². The molecule has 1 heterocycles. The summed E-state index contributed by atoms with van der Waals surface area (Å²) in [6.07, 6.45) is 0. The van der Waals surface area contributed by atoms with Crippen LogP contribution in [0.15, 0.2) is 0 Å². The molecule has 1 aliphatic rings. The van der Waals surface area contributed by atoms with Crippen molar-refractivity contribution in [1.29, 1.82) is 0 Å². The smallest absolute Gasteiger partial charge is 0.233 e. The maximum absolute atomic E-state index is 11.9. The van der Waals surface area contributed by atoms with Gasteiger partial charge in [0.1, 0.15) is 18.1 Å². The zero-order chi connectivity index (χ0) is 13.2. The molecular formula is C11H18N2O4. The van der Waals surface area contributed by atoms with Crippen LogP contribution in [0.3, 0.4) is 0 Å². The number of amides is 2. The lowest BCUT2D eigenvalue weighted by molar-refractivity contribution is -0.138. The predicted octanol–water partition coefficient (Wildman–Crippen LogP) is -0.782. The van der Waals surface area contributed by atoms with Crippen LogP contribution in [-0.4, -0.2) is 36.4 Å². The minimum atomic E-state index is -1.04. The van der Waals surface area contributed by atoms with Crippen molar-refractivity contribution < 1.29 is 19.1 Å². The number of carbonyl (C=O) groups excluding carboxylic acids is 3. The van der Waals surface area contributed by atoms with E-state index in [1.807, 2.05) is 0 Å². The van der Waals surface area contributed by atoms with Crippen LogP contribution in [0.25, 0.3) is 0 Å². The van der Waals surface area contributed by atoms with E-state index in [4.69, 9.17) is 10.5 Å². The van der Waals surface area contributed by atoms with Gasteiger partial charge in [-0.25, -0.2) is 0 Å². The maximum Gasteiger partial charge on any atom is 0.233 e. The number of Topliss-reactive ketones (excluding diaryl/α,β-unsaturated/α-hetero) is 1. The van der Waals surface area contributed by atoms with E-state index in [9.17, 15) is 14.4 Å². The second-order valence-electron chi connectivity index (χ2n) is 4.86. The van der Waals surface area contributed by atoms with Gasteiger partial charge in [-0.3, -0.25) is 14.4 Å². The van der Waals surface area contributed by atoms with E-state index >= 15 is 0 Å². The van der Waals surface area contributed by atoms with Gasteiger partial charge < -0.3 is 15.8 Å². The molecule has 1 rings (SSSR count). The normalized spacial score (nSPS) is 26.0. The Kier molecular flexibility index (Phi) is 3.87. The Labute approximate surface area is 99.9 Å². The number of hydrogen-bond acceptors (Lipinski definition) is 4. The lowest BCUT2D eigenvalue weighted by atomic mass is 9.92. The van der Waals surface area contributed by atoms with Crippen molar-refractivity contribution in [2.75, 3.05) is 13.2 Å². The number of primary amides is 1. The third-order valence-corrected chi connectivity index (χ3v) is 2.89. The number of nitrogens with one attached hydrogen (secondary N) is 1. The first-order valence-corrected chi connectivity index (χ1v) is 5.50. The molecular weight excluding hydrogens is 224 g/mol. The Hall–Kier alpha value is -1.43. The van der Waals surface area contributed by atoms with Crippen molar-refractivity contribution in [1.82, 2.24) is 5.32 Å². The summed E-state index contributed by atoms with van der Waals surface area (Å²) in [7, 11) is 0. The second kappa shape index (κ2) is 4.83.